The third kappa shape index (κ3) is 3.16. The molecule has 0 amide bonds. The molecule has 0 aromatic heterocycles. The maximum Gasteiger partial charge on any atom is 0.334 e. The molecule has 0 N–H and O–H groups in total. The Bertz CT molecular complexity index is 972. The number of hydrogen-bond donors (Lipinski definition) is 0. The van der Waals surface area contributed by atoms with Crippen molar-refractivity contribution in [1.29, 1.82) is 0 Å². The van der Waals surface area contributed by atoms with Gasteiger partial charge in [0.15, 0.2) is 5.54 Å². The summed E-state index contributed by atoms with van der Waals surface area (Å²) >= 11 is 0. The molecule has 6 heteroatoms. The fourth-order valence-electron chi connectivity index (χ4n) is 5.75. The van der Waals surface area contributed by atoms with Crippen molar-refractivity contribution in [3.8, 4) is 0 Å². The van der Waals surface area contributed by atoms with Crippen molar-refractivity contribution >= 4 is 5.97 Å². The van der Waals surface area contributed by atoms with Crippen molar-refractivity contribution in [3.05, 3.63) is 81.9 Å². The minimum Gasteiger partial charge on any atom is -0.458 e. The Morgan fingerprint density at radius 3 is 2.13 bits per heavy atom. The van der Waals surface area contributed by atoms with E-state index in [4.69, 9.17) is 4.74 Å². The molecule has 2 saturated heterocycles. The fraction of sp³-hybridized carbons (Fsp3) is 0.480. The summed E-state index contributed by atoms with van der Waals surface area (Å²) in [6.07, 6.45) is 1.12. The third-order valence-corrected chi connectivity index (χ3v) is 6.94. The zero-order valence-corrected chi connectivity index (χ0v) is 18.6. The first-order chi connectivity index (χ1) is 14.6. The first-order valence-electron chi connectivity index (χ1n) is 10.9. The van der Waals surface area contributed by atoms with Gasteiger partial charge in [0.1, 0.15) is 5.60 Å². The van der Waals surface area contributed by atoms with Crippen LogP contribution in [0, 0.1) is 10.1 Å². The lowest BCUT2D eigenvalue weighted by atomic mass is 9.68. The molecule has 4 rings (SSSR count). The van der Waals surface area contributed by atoms with E-state index in [1.807, 2.05) is 81.4 Å². The number of nitro groups is 1. The molecule has 2 aromatic rings. The predicted molar refractivity (Wildman–Crippen MR) is 118 cm³/mol. The van der Waals surface area contributed by atoms with Crippen LogP contribution < -0.4 is 0 Å². The van der Waals surface area contributed by atoms with Crippen molar-refractivity contribution < 1.29 is 14.5 Å². The molecule has 0 spiro atoms. The van der Waals surface area contributed by atoms with Crippen LogP contribution in [0.25, 0.3) is 0 Å². The molecule has 2 aromatic carbocycles. The Hall–Kier alpha value is -2.73. The first-order valence-corrected chi connectivity index (χ1v) is 10.9. The van der Waals surface area contributed by atoms with Crippen molar-refractivity contribution in [2.24, 2.45) is 0 Å². The summed E-state index contributed by atoms with van der Waals surface area (Å²) in [6.45, 7) is 7.69. The van der Waals surface area contributed by atoms with Gasteiger partial charge >= 0.3 is 5.97 Å². The van der Waals surface area contributed by atoms with Gasteiger partial charge in [-0.3, -0.25) is 15.0 Å². The first kappa shape index (κ1) is 21.5. The number of benzene rings is 2. The highest BCUT2D eigenvalue weighted by Crippen LogP contribution is 2.62. The van der Waals surface area contributed by atoms with Crippen molar-refractivity contribution in [2.45, 2.75) is 69.2 Å². The Balaban J connectivity index is 1.99. The SMILES string of the molecule is CC(C)(C)OC(=O)[C@]12CCCN1[C@@H](c1ccccc1)[C@H](c1ccccc1)[C@@]2(C)[N+](=O)[O-]. The van der Waals surface area contributed by atoms with Crippen molar-refractivity contribution in [1.82, 2.24) is 4.90 Å². The highest BCUT2D eigenvalue weighted by atomic mass is 16.6. The summed E-state index contributed by atoms with van der Waals surface area (Å²) < 4.78 is 5.86. The monoisotopic (exact) mass is 422 g/mol. The average molecular weight is 423 g/mol. The Kier molecular flexibility index (Phi) is 5.16. The molecule has 0 radical (unpaired) electrons. The van der Waals surface area contributed by atoms with Gasteiger partial charge in [0.2, 0.25) is 0 Å². The van der Waals surface area contributed by atoms with E-state index < -0.39 is 28.6 Å². The standard InChI is InChI=1S/C25H30N2O4/c1-23(2,3)31-22(28)25-16-11-17-26(25)21(19-14-9-6-10-15-19)20(24(25,4)27(29)30)18-12-7-5-8-13-18/h5-10,12-15,20-21H,11,16-17H2,1-4H3/t20-,21-,24+,25-/m0/s1. The van der Waals surface area contributed by atoms with Gasteiger partial charge in [-0.25, -0.2) is 4.79 Å². The molecule has 31 heavy (non-hydrogen) atoms. The highest BCUT2D eigenvalue weighted by Gasteiger charge is 2.79. The number of hydrogen-bond acceptors (Lipinski definition) is 5. The lowest BCUT2D eigenvalue weighted by Crippen LogP contribution is -2.64. The molecular weight excluding hydrogens is 392 g/mol. The fourth-order valence-corrected chi connectivity index (χ4v) is 5.75. The van der Waals surface area contributed by atoms with E-state index in [1.165, 1.54) is 0 Å². The molecule has 0 unspecified atom stereocenters. The minimum atomic E-state index is -1.55. The van der Waals surface area contributed by atoms with Crippen LogP contribution in [-0.2, 0) is 9.53 Å². The van der Waals surface area contributed by atoms with Crippen LogP contribution in [0.1, 0.15) is 63.6 Å². The molecule has 2 aliphatic heterocycles. The number of rotatable bonds is 4. The Morgan fingerprint density at radius 2 is 1.61 bits per heavy atom. The second-order valence-corrected chi connectivity index (χ2v) is 9.81. The quantitative estimate of drug-likeness (QED) is 0.404. The normalized spacial score (nSPS) is 30.7. The molecule has 0 aliphatic carbocycles. The maximum absolute atomic E-state index is 13.8. The lowest BCUT2D eigenvalue weighted by molar-refractivity contribution is -0.577. The zero-order valence-electron chi connectivity index (χ0n) is 18.6. The Labute approximate surface area is 183 Å². The van der Waals surface area contributed by atoms with Crippen LogP contribution in [-0.4, -0.2) is 39.0 Å². The second kappa shape index (κ2) is 7.45. The summed E-state index contributed by atoms with van der Waals surface area (Å²) in [5.41, 5.74) is -1.76. The van der Waals surface area contributed by atoms with Crippen LogP contribution in [0.15, 0.2) is 60.7 Å². The largest absolute Gasteiger partial charge is 0.458 e. The average Bonchev–Trinajstić information content (AvgIpc) is 3.25. The topological polar surface area (TPSA) is 72.7 Å². The molecule has 2 heterocycles. The van der Waals surface area contributed by atoms with Gasteiger partial charge in [0.25, 0.3) is 5.54 Å². The van der Waals surface area contributed by atoms with Crippen LogP contribution in [0.2, 0.25) is 0 Å². The van der Waals surface area contributed by atoms with Gasteiger partial charge in [-0.1, -0.05) is 60.7 Å². The van der Waals surface area contributed by atoms with Gasteiger partial charge in [-0.05, 0) is 44.7 Å². The summed E-state index contributed by atoms with van der Waals surface area (Å²) in [6, 6.07) is 19.1. The number of ether oxygens (including phenoxy) is 1. The van der Waals surface area contributed by atoms with E-state index in [9.17, 15) is 14.9 Å². The summed E-state index contributed by atoms with van der Waals surface area (Å²) in [4.78, 5) is 28.5. The smallest absolute Gasteiger partial charge is 0.334 e. The van der Waals surface area contributed by atoms with Crippen LogP contribution in [0.3, 0.4) is 0 Å². The van der Waals surface area contributed by atoms with Gasteiger partial charge in [-0.2, -0.15) is 0 Å². The van der Waals surface area contributed by atoms with Crippen molar-refractivity contribution in [2.75, 3.05) is 6.54 Å². The number of esters is 1. The van der Waals surface area contributed by atoms with E-state index in [0.29, 0.717) is 19.4 Å². The number of carbonyl (C=O) groups is 1. The highest BCUT2D eigenvalue weighted by molar-refractivity contribution is 5.85. The van der Waals surface area contributed by atoms with Gasteiger partial charge < -0.3 is 4.74 Å². The van der Waals surface area contributed by atoms with E-state index in [2.05, 4.69) is 4.90 Å². The molecule has 0 saturated carbocycles. The van der Waals surface area contributed by atoms with Gasteiger partial charge in [0, 0.05) is 24.4 Å². The zero-order chi connectivity index (χ0) is 22.4. The molecule has 2 fully saturated rings. The molecule has 2 aliphatic rings. The van der Waals surface area contributed by atoms with Crippen LogP contribution in [0.4, 0.5) is 0 Å². The van der Waals surface area contributed by atoms with Crippen molar-refractivity contribution in [3.63, 3.8) is 0 Å². The molecule has 164 valence electrons. The number of fused-ring (bicyclic) bond motifs is 1. The third-order valence-electron chi connectivity index (χ3n) is 6.94. The summed E-state index contributed by atoms with van der Waals surface area (Å²) in [5, 5.41) is 12.9. The number of nitrogens with zero attached hydrogens (tertiary/aromatic N) is 2. The van der Waals surface area contributed by atoms with E-state index in [0.717, 1.165) is 11.1 Å². The molecular formula is C25H30N2O4. The molecule has 4 atom stereocenters. The lowest BCUT2D eigenvalue weighted by Gasteiger charge is -2.39. The van der Waals surface area contributed by atoms with Gasteiger partial charge in [-0.15, -0.1) is 0 Å². The maximum atomic E-state index is 13.8. The van der Waals surface area contributed by atoms with E-state index in [-0.39, 0.29) is 11.0 Å². The van der Waals surface area contributed by atoms with Gasteiger partial charge in [0.05, 0.1) is 5.92 Å². The van der Waals surface area contributed by atoms with Crippen LogP contribution >= 0.6 is 0 Å². The summed E-state index contributed by atoms with van der Waals surface area (Å²) in [7, 11) is 0. The predicted octanol–water partition coefficient (Wildman–Crippen LogP) is 4.74. The minimum absolute atomic E-state index is 0.226. The summed E-state index contributed by atoms with van der Waals surface area (Å²) in [5.74, 6) is -0.991. The van der Waals surface area contributed by atoms with E-state index >= 15 is 0 Å². The molecule has 6 nitrogen and oxygen atoms in total. The van der Waals surface area contributed by atoms with Crippen LogP contribution in [0.5, 0.6) is 0 Å². The Morgan fingerprint density at radius 1 is 1.06 bits per heavy atom. The van der Waals surface area contributed by atoms with E-state index in [1.54, 1.807) is 6.92 Å². The second-order valence-electron chi connectivity index (χ2n) is 9.81. The molecule has 0 bridgehead atoms. The number of carbonyl (C=O) groups excluding carboxylic acids is 1.